The summed E-state index contributed by atoms with van der Waals surface area (Å²) >= 11 is 0. The van der Waals surface area contributed by atoms with Gasteiger partial charge in [0.2, 0.25) is 0 Å². The first kappa shape index (κ1) is 13.6. The molecular formula is C15H21N3O. The van der Waals surface area contributed by atoms with E-state index in [1.807, 2.05) is 29.1 Å². The number of nitrogens with zero attached hydrogens (tertiary/aromatic N) is 2. The van der Waals surface area contributed by atoms with E-state index in [1.54, 1.807) is 7.11 Å². The monoisotopic (exact) mass is 259 g/mol. The number of hydrogen-bond acceptors (Lipinski definition) is 3. The second kappa shape index (κ2) is 6.38. The highest BCUT2D eigenvalue weighted by Gasteiger charge is 2.10. The molecule has 0 amide bonds. The van der Waals surface area contributed by atoms with Crippen LogP contribution in [0, 0.1) is 0 Å². The van der Waals surface area contributed by atoms with E-state index >= 15 is 0 Å². The fourth-order valence-electron chi connectivity index (χ4n) is 2.08. The third-order valence-electron chi connectivity index (χ3n) is 3.23. The van der Waals surface area contributed by atoms with Crippen LogP contribution in [0.5, 0.6) is 5.75 Å². The van der Waals surface area contributed by atoms with E-state index in [9.17, 15) is 0 Å². The molecule has 4 nitrogen and oxygen atoms in total. The van der Waals surface area contributed by atoms with Gasteiger partial charge < -0.3 is 10.1 Å². The largest absolute Gasteiger partial charge is 0.496 e. The Hall–Kier alpha value is -1.81. The third kappa shape index (κ3) is 3.35. The number of methoxy groups -OCH3 is 1. The maximum Gasteiger partial charge on any atom is 0.123 e. The van der Waals surface area contributed by atoms with Crippen molar-refractivity contribution in [2.45, 2.75) is 33.0 Å². The van der Waals surface area contributed by atoms with Crippen molar-refractivity contribution >= 4 is 0 Å². The Morgan fingerprint density at radius 3 is 2.84 bits per heavy atom. The maximum atomic E-state index is 5.38. The Kier molecular flexibility index (Phi) is 4.58. The summed E-state index contributed by atoms with van der Waals surface area (Å²) in [6.45, 7) is 5.94. The SMILES string of the molecule is CCn1cc(CN[C@H](C)c2ccccc2OC)cn1. The summed E-state index contributed by atoms with van der Waals surface area (Å²) in [7, 11) is 1.71. The molecule has 102 valence electrons. The zero-order chi connectivity index (χ0) is 13.7. The van der Waals surface area contributed by atoms with E-state index in [-0.39, 0.29) is 6.04 Å². The van der Waals surface area contributed by atoms with Gasteiger partial charge in [-0.05, 0) is 19.9 Å². The van der Waals surface area contributed by atoms with Crippen LogP contribution in [0.25, 0.3) is 0 Å². The molecule has 19 heavy (non-hydrogen) atoms. The van der Waals surface area contributed by atoms with Gasteiger partial charge in [-0.1, -0.05) is 18.2 Å². The van der Waals surface area contributed by atoms with E-state index < -0.39 is 0 Å². The summed E-state index contributed by atoms with van der Waals surface area (Å²) in [5, 5.41) is 7.77. The molecule has 2 rings (SSSR count). The number of para-hydroxylation sites is 1. The van der Waals surface area contributed by atoms with Gasteiger partial charge in [0.15, 0.2) is 0 Å². The standard InChI is InChI=1S/C15H21N3O/c1-4-18-11-13(10-17-18)9-16-12(2)14-7-5-6-8-15(14)19-3/h5-8,10-12,16H,4,9H2,1-3H3/t12-/m1/s1. The van der Waals surface area contributed by atoms with Crippen molar-refractivity contribution in [3.8, 4) is 5.75 Å². The molecule has 4 heteroatoms. The Bertz CT molecular complexity index is 522. The van der Waals surface area contributed by atoms with Gasteiger partial charge in [-0.25, -0.2) is 0 Å². The lowest BCUT2D eigenvalue weighted by atomic mass is 10.1. The molecule has 0 spiro atoms. The Morgan fingerprint density at radius 1 is 1.37 bits per heavy atom. The fourth-order valence-corrected chi connectivity index (χ4v) is 2.08. The van der Waals surface area contributed by atoms with Crippen molar-refractivity contribution in [1.29, 1.82) is 0 Å². The van der Waals surface area contributed by atoms with Crippen molar-refractivity contribution in [2.24, 2.45) is 0 Å². The number of hydrogen-bond donors (Lipinski definition) is 1. The molecule has 1 atom stereocenters. The number of ether oxygens (including phenoxy) is 1. The van der Waals surface area contributed by atoms with E-state index in [4.69, 9.17) is 4.74 Å². The van der Waals surface area contributed by atoms with Crippen molar-refractivity contribution in [2.75, 3.05) is 7.11 Å². The van der Waals surface area contributed by atoms with Crippen molar-refractivity contribution in [3.05, 3.63) is 47.8 Å². The summed E-state index contributed by atoms with van der Waals surface area (Å²) in [4.78, 5) is 0. The van der Waals surface area contributed by atoms with Crippen LogP contribution in [0.3, 0.4) is 0 Å². The molecule has 1 aromatic carbocycles. The first-order valence-corrected chi connectivity index (χ1v) is 6.62. The minimum atomic E-state index is 0.237. The van der Waals surface area contributed by atoms with Crippen molar-refractivity contribution in [1.82, 2.24) is 15.1 Å². The first-order valence-electron chi connectivity index (χ1n) is 6.62. The van der Waals surface area contributed by atoms with Gasteiger partial charge in [0, 0.05) is 36.5 Å². The van der Waals surface area contributed by atoms with Gasteiger partial charge in [-0.15, -0.1) is 0 Å². The lowest BCUT2D eigenvalue weighted by molar-refractivity contribution is 0.401. The zero-order valence-electron chi connectivity index (χ0n) is 11.8. The molecule has 0 aliphatic heterocycles. The number of rotatable bonds is 6. The lowest BCUT2D eigenvalue weighted by Gasteiger charge is -2.16. The molecule has 1 heterocycles. The van der Waals surface area contributed by atoms with Crippen LogP contribution in [0.4, 0.5) is 0 Å². The van der Waals surface area contributed by atoms with E-state index in [0.717, 1.165) is 18.8 Å². The summed E-state index contributed by atoms with van der Waals surface area (Å²) in [6.07, 6.45) is 3.98. The van der Waals surface area contributed by atoms with Crippen LogP contribution in [0.2, 0.25) is 0 Å². The number of aromatic nitrogens is 2. The van der Waals surface area contributed by atoms with Gasteiger partial charge in [-0.3, -0.25) is 4.68 Å². The molecule has 0 radical (unpaired) electrons. The van der Waals surface area contributed by atoms with Crippen LogP contribution in [0.15, 0.2) is 36.7 Å². The highest BCUT2D eigenvalue weighted by Crippen LogP contribution is 2.24. The summed E-state index contributed by atoms with van der Waals surface area (Å²) in [5.41, 5.74) is 2.37. The average molecular weight is 259 g/mol. The van der Waals surface area contributed by atoms with Crippen LogP contribution >= 0.6 is 0 Å². The minimum absolute atomic E-state index is 0.237. The molecule has 2 aromatic rings. The Balaban J connectivity index is 1.98. The predicted octanol–water partition coefficient (Wildman–Crippen LogP) is 2.76. The predicted molar refractivity (Wildman–Crippen MR) is 76.1 cm³/mol. The molecule has 0 fully saturated rings. The van der Waals surface area contributed by atoms with Crippen molar-refractivity contribution < 1.29 is 4.74 Å². The maximum absolute atomic E-state index is 5.38. The summed E-state index contributed by atoms with van der Waals surface area (Å²) < 4.78 is 7.32. The molecular weight excluding hydrogens is 238 g/mol. The van der Waals surface area contributed by atoms with Crippen LogP contribution in [0.1, 0.15) is 31.0 Å². The number of nitrogens with one attached hydrogen (secondary N) is 1. The van der Waals surface area contributed by atoms with Crippen LogP contribution in [-0.4, -0.2) is 16.9 Å². The minimum Gasteiger partial charge on any atom is -0.496 e. The normalized spacial score (nSPS) is 12.4. The smallest absolute Gasteiger partial charge is 0.123 e. The van der Waals surface area contributed by atoms with E-state index in [2.05, 4.69) is 36.5 Å². The summed E-state index contributed by atoms with van der Waals surface area (Å²) in [5.74, 6) is 0.923. The topological polar surface area (TPSA) is 39.1 Å². The van der Waals surface area contributed by atoms with E-state index in [1.165, 1.54) is 11.1 Å². The van der Waals surface area contributed by atoms with Gasteiger partial charge in [-0.2, -0.15) is 5.10 Å². The molecule has 0 unspecified atom stereocenters. The molecule has 1 N–H and O–H groups in total. The molecule has 0 saturated heterocycles. The second-order valence-electron chi connectivity index (χ2n) is 4.55. The Morgan fingerprint density at radius 2 is 2.16 bits per heavy atom. The highest BCUT2D eigenvalue weighted by molar-refractivity contribution is 5.35. The van der Waals surface area contributed by atoms with Gasteiger partial charge in [0.05, 0.1) is 13.3 Å². The first-order chi connectivity index (χ1) is 9.24. The fraction of sp³-hybridized carbons (Fsp3) is 0.400. The average Bonchev–Trinajstić information content (AvgIpc) is 2.92. The molecule has 1 aromatic heterocycles. The summed E-state index contributed by atoms with van der Waals surface area (Å²) in [6, 6.07) is 8.33. The second-order valence-corrected chi connectivity index (χ2v) is 4.55. The third-order valence-corrected chi connectivity index (χ3v) is 3.23. The van der Waals surface area contributed by atoms with Crippen LogP contribution in [-0.2, 0) is 13.1 Å². The highest BCUT2D eigenvalue weighted by atomic mass is 16.5. The molecule has 0 saturated carbocycles. The van der Waals surface area contributed by atoms with Gasteiger partial charge >= 0.3 is 0 Å². The van der Waals surface area contributed by atoms with Crippen LogP contribution < -0.4 is 10.1 Å². The molecule has 0 aliphatic rings. The Labute approximate surface area is 114 Å². The quantitative estimate of drug-likeness (QED) is 0.867. The van der Waals surface area contributed by atoms with Gasteiger partial charge in [0.1, 0.15) is 5.75 Å². The number of benzene rings is 1. The molecule has 0 aliphatic carbocycles. The van der Waals surface area contributed by atoms with E-state index in [0.29, 0.717) is 0 Å². The van der Waals surface area contributed by atoms with Crippen molar-refractivity contribution in [3.63, 3.8) is 0 Å². The van der Waals surface area contributed by atoms with Gasteiger partial charge in [0.25, 0.3) is 0 Å². The zero-order valence-corrected chi connectivity index (χ0v) is 11.8. The number of aryl methyl sites for hydroxylation is 1. The lowest BCUT2D eigenvalue weighted by Crippen LogP contribution is -2.18. The molecule has 0 bridgehead atoms.